The van der Waals surface area contributed by atoms with Crippen molar-refractivity contribution in [2.24, 2.45) is 4.99 Å². The van der Waals surface area contributed by atoms with Gasteiger partial charge >= 0.3 is 0 Å². The molecule has 2 aliphatic heterocycles. The second kappa shape index (κ2) is 4.54. The lowest BCUT2D eigenvalue weighted by Crippen LogP contribution is -2.33. The molecule has 0 radical (unpaired) electrons. The van der Waals surface area contributed by atoms with E-state index in [4.69, 9.17) is 9.84 Å². The van der Waals surface area contributed by atoms with Gasteiger partial charge < -0.3 is 30.5 Å². The number of rotatable bonds is 2. The van der Waals surface area contributed by atoms with Crippen LogP contribution in [0.25, 0.3) is 0 Å². The summed E-state index contributed by atoms with van der Waals surface area (Å²) in [7, 11) is 0. The zero-order valence-electron chi connectivity index (χ0n) is 9.79. The van der Waals surface area contributed by atoms with Crippen molar-refractivity contribution in [3.8, 4) is 0 Å². The minimum atomic E-state index is -1.20. The van der Waals surface area contributed by atoms with Gasteiger partial charge in [-0.05, 0) is 0 Å². The molecule has 1 aromatic heterocycles. The van der Waals surface area contributed by atoms with E-state index in [0.717, 1.165) is 0 Å². The lowest BCUT2D eigenvalue weighted by molar-refractivity contribution is -0.0518. The van der Waals surface area contributed by atoms with Gasteiger partial charge in [-0.3, -0.25) is 4.57 Å². The number of aliphatic hydroxyl groups excluding tert-OH is 4. The van der Waals surface area contributed by atoms with Gasteiger partial charge in [0.1, 0.15) is 29.8 Å². The number of nitrogens with zero attached hydrogens (tertiary/aromatic N) is 3. The molecule has 1 aromatic rings. The Labute approximate surface area is 107 Å². The normalized spacial score (nSPS) is 37.2. The second-order valence-electron chi connectivity index (χ2n) is 4.41. The van der Waals surface area contributed by atoms with E-state index in [1.807, 2.05) is 0 Å². The van der Waals surface area contributed by atoms with Crippen molar-refractivity contribution in [2.45, 2.75) is 30.8 Å². The molecule has 3 heterocycles. The number of fused-ring (bicyclic) bond motifs is 1. The molecule has 0 amide bonds. The van der Waals surface area contributed by atoms with Crippen LogP contribution in [0.3, 0.4) is 0 Å². The minimum absolute atomic E-state index is 0.306. The van der Waals surface area contributed by atoms with Crippen LogP contribution in [0.2, 0.25) is 0 Å². The molecule has 5 atom stereocenters. The van der Waals surface area contributed by atoms with E-state index >= 15 is 0 Å². The average molecular weight is 270 g/mol. The van der Waals surface area contributed by atoms with Gasteiger partial charge in [0.15, 0.2) is 12.5 Å². The topological polar surface area (TPSA) is 132 Å². The molecule has 1 fully saturated rings. The number of nitrogens with one attached hydrogen (secondary N) is 1. The van der Waals surface area contributed by atoms with E-state index in [1.165, 1.54) is 17.2 Å². The molecule has 2 aliphatic rings. The Bertz CT molecular complexity index is 504. The molecular weight excluding hydrogens is 256 g/mol. The van der Waals surface area contributed by atoms with E-state index in [2.05, 4.69) is 15.3 Å². The molecule has 0 saturated carbocycles. The van der Waals surface area contributed by atoms with Gasteiger partial charge in [-0.2, -0.15) is 0 Å². The largest absolute Gasteiger partial charge is 0.394 e. The molecule has 9 nitrogen and oxygen atoms in total. The fraction of sp³-hybridized carbons (Fsp3) is 0.600. The molecule has 0 bridgehead atoms. The summed E-state index contributed by atoms with van der Waals surface area (Å²) < 4.78 is 6.84. The lowest BCUT2D eigenvalue weighted by Gasteiger charge is -2.21. The standard InChI is InChI=1S/C10H14N4O5/c15-1-4-6(16)7(17)10(19-4)14-3-13-5-8(14)11-2-12-9(5)18/h2-4,6-7,9-10,15-18H,1H2,(H,11,12)/t4-,6-,7-,9?,10?/m1/s1. The summed E-state index contributed by atoms with van der Waals surface area (Å²) in [6, 6.07) is 0. The number of aliphatic hydroxyl groups is 4. The van der Waals surface area contributed by atoms with Gasteiger partial charge in [0.05, 0.1) is 19.3 Å². The Kier molecular flexibility index (Phi) is 2.99. The van der Waals surface area contributed by atoms with Gasteiger partial charge in [-0.25, -0.2) is 9.98 Å². The predicted molar refractivity (Wildman–Crippen MR) is 62.3 cm³/mol. The van der Waals surface area contributed by atoms with Crippen LogP contribution in [0, 0.1) is 0 Å². The maximum atomic E-state index is 9.94. The van der Waals surface area contributed by atoms with Crippen LogP contribution in [0.4, 0.5) is 5.82 Å². The maximum Gasteiger partial charge on any atom is 0.193 e. The van der Waals surface area contributed by atoms with Crippen molar-refractivity contribution in [2.75, 3.05) is 11.9 Å². The van der Waals surface area contributed by atoms with Crippen LogP contribution in [-0.2, 0) is 4.74 Å². The Morgan fingerprint density at radius 1 is 1.32 bits per heavy atom. The first-order valence-electron chi connectivity index (χ1n) is 5.79. The summed E-state index contributed by atoms with van der Waals surface area (Å²) in [4.78, 5) is 7.72. The van der Waals surface area contributed by atoms with Crippen LogP contribution in [-0.4, -0.2) is 61.2 Å². The van der Waals surface area contributed by atoms with Crippen molar-refractivity contribution in [3.63, 3.8) is 0 Å². The molecule has 3 rings (SSSR count). The average Bonchev–Trinajstić information content (AvgIpc) is 2.94. The molecule has 5 N–H and O–H groups in total. The Hall–Kier alpha value is -1.52. The quantitative estimate of drug-likeness (QED) is 0.417. The number of aromatic nitrogens is 2. The first kappa shape index (κ1) is 12.5. The molecule has 1 saturated heterocycles. The van der Waals surface area contributed by atoms with Crippen molar-refractivity contribution in [1.82, 2.24) is 9.55 Å². The van der Waals surface area contributed by atoms with Gasteiger partial charge in [0.2, 0.25) is 0 Å². The first-order chi connectivity index (χ1) is 9.13. The third-order valence-corrected chi connectivity index (χ3v) is 3.27. The highest BCUT2D eigenvalue weighted by atomic mass is 16.6. The summed E-state index contributed by atoms with van der Waals surface area (Å²) >= 11 is 0. The molecule has 0 aliphatic carbocycles. The Morgan fingerprint density at radius 2 is 2.11 bits per heavy atom. The molecule has 2 unspecified atom stereocenters. The van der Waals surface area contributed by atoms with E-state index in [0.29, 0.717) is 11.5 Å². The van der Waals surface area contributed by atoms with E-state index < -0.39 is 37.4 Å². The first-order valence-corrected chi connectivity index (χ1v) is 5.79. The fourth-order valence-corrected chi connectivity index (χ4v) is 2.26. The van der Waals surface area contributed by atoms with Gasteiger partial charge in [-0.1, -0.05) is 0 Å². The molecular formula is C10H14N4O5. The monoisotopic (exact) mass is 270 g/mol. The molecule has 0 aromatic carbocycles. The van der Waals surface area contributed by atoms with Gasteiger partial charge in [0, 0.05) is 0 Å². The second-order valence-corrected chi connectivity index (χ2v) is 4.41. The summed E-state index contributed by atoms with van der Waals surface area (Å²) in [6.45, 7) is -0.400. The van der Waals surface area contributed by atoms with Gasteiger partial charge in [-0.15, -0.1) is 0 Å². The summed E-state index contributed by atoms with van der Waals surface area (Å²) in [6.07, 6.45) is -2.53. The van der Waals surface area contributed by atoms with Crippen LogP contribution in [0.15, 0.2) is 11.3 Å². The number of aliphatic imine (C=N–C) groups is 1. The predicted octanol–water partition coefficient (Wildman–Crippen LogP) is -2.06. The van der Waals surface area contributed by atoms with E-state index in [1.54, 1.807) is 0 Å². The highest BCUT2D eigenvalue weighted by Gasteiger charge is 2.44. The number of imidazole rings is 1. The molecule has 0 spiro atoms. The number of anilines is 1. The Balaban J connectivity index is 1.92. The third-order valence-electron chi connectivity index (χ3n) is 3.27. The minimum Gasteiger partial charge on any atom is -0.394 e. The molecule has 9 heteroatoms. The zero-order valence-corrected chi connectivity index (χ0v) is 9.79. The zero-order chi connectivity index (χ0) is 13.6. The van der Waals surface area contributed by atoms with E-state index in [-0.39, 0.29) is 0 Å². The highest BCUT2D eigenvalue weighted by molar-refractivity contribution is 5.77. The Morgan fingerprint density at radius 3 is 2.79 bits per heavy atom. The SMILES string of the molecule is OC[C@H]1OC(n2cnc3c2NC=NC3O)[C@H](O)[C@@H]1O. The summed E-state index contributed by atoms with van der Waals surface area (Å²) in [5.74, 6) is 0.428. The van der Waals surface area contributed by atoms with Crippen LogP contribution in [0.5, 0.6) is 0 Å². The van der Waals surface area contributed by atoms with Crippen molar-refractivity contribution >= 4 is 12.2 Å². The summed E-state index contributed by atoms with van der Waals surface area (Å²) in [5.41, 5.74) is 0.306. The summed E-state index contributed by atoms with van der Waals surface area (Å²) in [5, 5.41) is 41.1. The third kappa shape index (κ3) is 1.83. The van der Waals surface area contributed by atoms with E-state index in [9.17, 15) is 15.3 Å². The smallest absolute Gasteiger partial charge is 0.193 e. The van der Waals surface area contributed by atoms with Crippen molar-refractivity contribution in [3.05, 3.63) is 12.0 Å². The molecule has 104 valence electrons. The lowest BCUT2D eigenvalue weighted by atomic mass is 10.1. The number of hydrogen-bond donors (Lipinski definition) is 5. The number of ether oxygens (including phenoxy) is 1. The van der Waals surface area contributed by atoms with Crippen molar-refractivity contribution < 1.29 is 25.2 Å². The van der Waals surface area contributed by atoms with Crippen LogP contribution < -0.4 is 5.32 Å². The van der Waals surface area contributed by atoms with Crippen LogP contribution in [0.1, 0.15) is 18.1 Å². The van der Waals surface area contributed by atoms with Gasteiger partial charge in [0.25, 0.3) is 0 Å². The molecule has 19 heavy (non-hydrogen) atoms. The van der Waals surface area contributed by atoms with Crippen LogP contribution >= 0.6 is 0 Å². The van der Waals surface area contributed by atoms with Crippen molar-refractivity contribution in [1.29, 1.82) is 0 Å². The highest BCUT2D eigenvalue weighted by Crippen LogP contribution is 2.34. The number of hydrogen-bond acceptors (Lipinski definition) is 8. The fourth-order valence-electron chi connectivity index (χ4n) is 2.26. The maximum absolute atomic E-state index is 9.94.